The van der Waals surface area contributed by atoms with Crippen molar-refractivity contribution in [3.63, 3.8) is 0 Å². The molecule has 0 aliphatic carbocycles. The lowest BCUT2D eigenvalue weighted by molar-refractivity contribution is 0.414. The molecule has 0 amide bonds. The van der Waals surface area contributed by atoms with Crippen LogP contribution in [0.2, 0.25) is 0 Å². The van der Waals surface area contributed by atoms with E-state index in [4.69, 9.17) is 10.5 Å². The van der Waals surface area contributed by atoms with Gasteiger partial charge in [-0.1, -0.05) is 6.07 Å². The maximum atomic E-state index is 6.09. The van der Waals surface area contributed by atoms with E-state index in [1.165, 1.54) is 0 Å². The average molecular weight is 332 g/mol. The molecule has 1 aromatic heterocycles. The third-order valence-electron chi connectivity index (χ3n) is 3.23. The number of methoxy groups -OCH3 is 1. The van der Waals surface area contributed by atoms with Crippen molar-refractivity contribution >= 4 is 32.9 Å². The van der Waals surface area contributed by atoms with Crippen molar-refractivity contribution in [3.05, 3.63) is 46.4 Å². The lowest BCUT2D eigenvalue weighted by Crippen LogP contribution is -2.02. The number of nitrogen functional groups attached to an aromatic ring is 1. The fraction of sp³-hybridized carbons (Fsp3) is 0.133. The number of benzene rings is 2. The van der Waals surface area contributed by atoms with Gasteiger partial charge < -0.3 is 10.5 Å². The van der Waals surface area contributed by atoms with Gasteiger partial charge in [0.15, 0.2) is 0 Å². The van der Waals surface area contributed by atoms with E-state index >= 15 is 0 Å². The highest BCUT2D eigenvalue weighted by atomic mass is 79.9. The number of aromatic nitrogens is 2. The molecule has 1 heterocycles. The van der Waals surface area contributed by atoms with Gasteiger partial charge in [-0.25, -0.2) is 4.98 Å². The minimum atomic E-state index is 0.458. The number of nitrogens with two attached hydrogens (primary N) is 1. The summed E-state index contributed by atoms with van der Waals surface area (Å²) in [5.74, 6) is 1.23. The normalized spacial score (nSPS) is 10.9. The van der Waals surface area contributed by atoms with Crippen molar-refractivity contribution in [1.82, 2.24) is 9.55 Å². The Morgan fingerprint density at radius 2 is 2.00 bits per heavy atom. The molecule has 4 nitrogen and oxygen atoms in total. The molecule has 0 fully saturated rings. The predicted octanol–water partition coefficient (Wildman–Crippen LogP) is 3.69. The van der Waals surface area contributed by atoms with Crippen molar-refractivity contribution in [3.8, 4) is 11.4 Å². The van der Waals surface area contributed by atoms with Gasteiger partial charge in [-0.15, -0.1) is 0 Å². The zero-order chi connectivity index (χ0) is 14.3. The largest absolute Gasteiger partial charge is 0.497 e. The Morgan fingerprint density at radius 1 is 1.20 bits per heavy atom. The number of anilines is 1. The summed E-state index contributed by atoms with van der Waals surface area (Å²) < 4.78 is 8.15. The molecule has 2 aromatic carbocycles. The zero-order valence-electron chi connectivity index (χ0n) is 11.2. The van der Waals surface area contributed by atoms with E-state index in [0.717, 1.165) is 32.5 Å². The molecule has 0 saturated heterocycles. The topological polar surface area (TPSA) is 53.1 Å². The van der Waals surface area contributed by atoms with E-state index in [-0.39, 0.29) is 0 Å². The van der Waals surface area contributed by atoms with E-state index in [2.05, 4.69) is 27.0 Å². The molecular formula is C15H14BrN3O. The number of imidazole rings is 1. The molecular weight excluding hydrogens is 318 g/mol. The summed E-state index contributed by atoms with van der Waals surface area (Å²) in [4.78, 5) is 4.41. The molecule has 0 unspecified atom stereocenters. The second kappa shape index (κ2) is 4.83. The first-order chi connectivity index (χ1) is 9.60. The highest BCUT2D eigenvalue weighted by molar-refractivity contribution is 9.10. The molecule has 3 aromatic rings. The number of aryl methyl sites for hydroxylation is 1. The molecule has 0 aliphatic heterocycles. The molecule has 0 radical (unpaired) electrons. The summed E-state index contributed by atoms with van der Waals surface area (Å²) in [7, 11) is 1.65. The minimum absolute atomic E-state index is 0.458. The fourth-order valence-electron chi connectivity index (χ4n) is 2.25. The van der Waals surface area contributed by atoms with Crippen LogP contribution in [0.5, 0.6) is 5.75 Å². The van der Waals surface area contributed by atoms with E-state index in [9.17, 15) is 0 Å². The number of rotatable bonds is 2. The van der Waals surface area contributed by atoms with E-state index < -0.39 is 0 Å². The van der Waals surface area contributed by atoms with Gasteiger partial charge in [0.1, 0.15) is 5.75 Å². The van der Waals surface area contributed by atoms with Crippen molar-refractivity contribution in [2.45, 2.75) is 6.92 Å². The summed E-state index contributed by atoms with van der Waals surface area (Å²) in [5, 5.41) is 0. The van der Waals surface area contributed by atoms with Crippen LogP contribution in [0, 0.1) is 6.92 Å². The number of hydrogen-bond acceptors (Lipinski definition) is 3. The average Bonchev–Trinajstić information content (AvgIpc) is 2.75. The highest BCUT2D eigenvalue weighted by Crippen LogP contribution is 2.31. The summed E-state index contributed by atoms with van der Waals surface area (Å²) in [6.07, 6.45) is 0. The second-order valence-corrected chi connectivity index (χ2v) is 5.47. The van der Waals surface area contributed by atoms with Crippen molar-refractivity contribution in [1.29, 1.82) is 0 Å². The molecule has 0 bridgehead atoms. The summed E-state index contributed by atoms with van der Waals surface area (Å²) in [6, 6.07) is 11.9. The number of halogens is 1. The summed E-state index contributed by atoms with van der Waals surface area (Å²) in [5.41, 5.74) is 10.0. The Hall–Kier alpha value is -2.01. The maximum absolute atomic E-state index is 6.09. The molecule has 5 heteroatoms. The number of fused-ring (bicyclic) bond motifs is 1. The predicted molar refractivity (Wildman–Crippen MR) is 84.5 cm³/mol. The molecule has 20 heavy (non-hydrogen) atoms. The molecule has 0 saturated carbocycles. The first-order valence-electron chi connectivity index (χ1n) is 6.18. The van der Waals surface area contributed by atoms with Gasteiger partial charge in [-0.05, 0) is 52.7 Å². The van der Waals surface area contributed by atoms with Crippen molar-refractivity contribution in [2.75, 3.05) is 12.8 Å². The quantitative estimate of drug-likeness (QED) is 0.779. The Kier molecular flexibility index (Phi) is 3.14. The van der Waals surface area contributed by atoms with Crippen LogP contribution >= 0.6 is 15.9 Å². The minimum Gasteiger partial charge on any atom is -0.497 e. The fourth-order valence-corrected chi connectivity index (χ4v) is 2.67. The number of hydrogen-bond donors (Lipinski definition) is 1. The van der Waals surface area contributed by atoms with Gasteiger partial charge in [0.25, 0.3) is 0 Å². The molecule has 0 atom stereocenters. The van der Waals surface area contributed by atoms with Crippen LogP contribution in [0.15, 0.2) is 40.9 Å². The summed E-state index contributed by atoms with van der Waals surface area (Å²) >= 11 is 3.56. The molecule has 102 valence electrons. The van der Waals surface area contributed by atoms with Crippen LogP contribution in [0.4, 0.5) is 5.95 Å². The molecule has 0 spiro atoms. The monoisotopic (exact) mass is 331 g/mol. The van der Waals surface area contributed by atoms with Gasteiger partial charge in [-0.2, -0.15) is 0 Å². The van der Waals surface area contributed by atoms with Gasteiger partial charge in [0, 0.05) is 10.5 Å². The van der Waals surface area contributed by atoms with Crippen molar-refractivity contribution in [2.24, 2.45) is 0 Å². The zero-order valence-corrected chi connectivity index (χ0v) is 12.8. The van der Waals surface area contributed by atoms with E-state index in [0.29, 0.717) is 5.95 Å². The molecule has 2 N–H and O–H groups in total. The first kappa shape index (κ1) is 13.0. The second-order valence-electron chi connectivity index (χ2n) is 4.61. The third-order valence-corrected chi connectivity index (χ3v) is 3.90. The lowest BCUT2D eigenvalue weighted by atomic mass is 10.2. The molecule has 0 aliphatic rings. The standard InChI is InChI=1S/C15H14BrN3O/c1-9-3-6-12-14(7-9)19(15(17)18-12)13-8-10(20-2)4-5-11(13)16/h3-8H,1-2H3,(H2,17,18). The Morgan fingerprint density at radius 3 is 2.75 bits per heavy atom. The highest BCUT2D eigenvalue weighted by Gasteiger charge is 2.13. The number of nitrogens with zero attached hydrogens (tertiary/aromatic N) is 2. The van der Waals surface area contributed by atoms with Gasteiger partial charge in [0.05, 0.1) is 23.8 Å². The van der Waals surface area contributed by atoms with Gasteiger partial charge in [0.2, 0.25) is 5.95 Å². The SMILES string of the molecule is COc1ccc(Br)c(-n2c(N)nc3ccc(C)cc32)c1. The Labute approximate surface area is 125 Å². The van der Waals surface area contributed by atoms with Crippen LogP contribution in [-0.2, 0) is 0 Å². The van der Waals surface area contributed by atoms with Crippen LogP contribution in [-0.4, -0.2) is 16.7 Å². The Bertz CT molecular complexity index is 795. The van der Waals surface area contributed by atoms with E-state index in [1.807, 2.05) is 41.8 Å². The smallest absolute Gasteiger partial charge is 0.205 e. The van der Waals surface area contributed by atoms with E-state index in [1.54, 1.807) is 7.11 Å². The van der Waals surface area contributed by atoms with Crippen LogP contribution < -0.4 is 10.5 Å². The van der Waals surface area contributed by atoms with Gasteiger partial charge >= 0.3 is 0 Å². The van der Waals surface area contributed by atoms with Gasteiger partial charge in [-0.3, -0.25) is 4.57 Å². The van der Waals surface area contributed by atoms with Crippen LogP contribution in [0.3, 0.4) is 0 Å². The third kappa shape index (κ3) is 2.04. The molecule has 3 rings (SSSR count). The first-order valence-corrected chi connectivity index (χ1v) is 6.98. The lowest BCUT2D eigenvalue weighted by Gasteiger charge is -2.11. The van der Waals surface area contributed by atoms with Crippen molar-refractivity contribution < 1.29 is 4.74 Å². The van der Waals surface area contributed by atoms with Crippen LogP contribution in [0.25, 0.3) is 16.7 Å². The number of ether oxygens (including phenoxy) is 1. The Balaban J connectivity index is 2.34. The maximum Gasteiger partial charge on any atom is 0.205 e. The van der Waals surface area contributed by atoms with Crippen LogP contribution in [0.1, 0.15) is 5.56 Å². The summed E-state index contributed by atoms with van der Waals surface area (Å²) in [6.45, 7) is 2.05.